The van der Waals surface area contributed by atoms with E-state index in [4.69, 9.17) is 29.0 Å². The fourth-order valence-corrected chi connectivity index (χ4v) is 6.21. The molecule has 14 nitrogen and oxygen atoms in total. The number of carbonyl (C=O) groups is 1. The van der Waals surface area contributed by atoms with Crippen LogP contribution in [0.3, 0.4) is 0 Å². The molecule has 1 N–H and O–H groups in total. The number of aromatic nitrogens is 5. The average Bonchev–Trinajstić information content (AvgIpc) is 3.68. The van der Waals surface area contributed by atoms with Crippen molar-refractivity contribution in [1.82, 2.24) is 29.3 Å². The highest BCUT2D eigenvalue weighted by atomic mass is 32.2. The molecule has 0 radical (unpaired) electrons. The zero-order valence-electron chi connectivity index (χ0n) is 27.8. The van der Waals surface area contributed by atoms with Crippen molar-refractivity contribution in [3.05, 3.63) is 48.7 Å². The highest BCUT2D eigenvalue weighted by Crippen LogP contribution is 2.35. The summed E-state index contributed by atoms with van der Waals surface area (Å²) in [6.07, 6.45) is 7.44. The van der Waals surface area contributed by atoms with Crippen LogP contribution in [0.4, 0.5) is 16.4 Å². The summed E-state index contributed by atoms with van der Waals surface area (Å²) >= 11 is 0. The summed E-state index contributed by atoms with van der Waals surface area (Å²) in [7, 11) is -3.30. The molecule has 0 spiro atoms. The Morgan fingerprint density at radius 3 is 2.31 bits per heavy atom. The Morgan fingerprint density at radius 1 is 1.00 bits per heavy atom. The minimum Gasteiger partial charge on any atom is -0.492 e. The Labute approximate surface area is 280 Å². The molecular weight excluding hydrogens is 638 g/mol. The van der Waals surface area contributed by atoms with E-state index in [1.807, 2.05) is 55.8 Å². The number of hydrogen-bond acceptors (Lipinski definition) is 10. The van der Waals surface area contributed by atoms with Crippen LogP contribution in [0.15, 0.2) is 48.7 Å². The number of anilines is 2. The van der Waals surface area contributed by atoms with Crippen molar-refractivity contribution >= 4 is 38.7 Å². The molecule has 258 valence electrons. The SMILES string of the molecule is CC(C)(C)OC(=O)N(c1ccc2c(cnn2C2CCCCO2)c1)c1nc(-c2ccc(OCCNS(C)(=O)=O)cc2)n(C2CCCCO2)n1. The number of carbonyl (C=O) groups excluding carboxylic acids is 1. The zero-order chi connectivity index (χ0) is 33.9. The van der Waals surface area contributed by atoms with Gasteiger partial charge < -0.3 is 18.9 Å². The third-order valence-electron chi connectivity index (χ3n) is 7.94. The number of nitrogens with one attached hydrogen (secondary N) is 1. The number of ether oxygens (including phenoxy) is 4. The van der Waals surface area contributed by atoms with Crippen molar-refractivity contribution < 1.29 is 32.2 Å². The number of amides is 1. The van der Waals surface area contributed by atoms with Gasteiger partial charge in [0.15, 0.2) is 18.3 Å². The third kappa shape index (κ3) is 8.14. The van der Waals surface area contributed by atoms with Gasteiger partial charge >= 0.3 is 6.09 Å². The molecule has 0 saturated carbocycles. The largest absolute Gasteiger partial charge is 0.492 e. The molecule has 2 saturated heterocycles. The summed E-state index contributed by atoms with van der Waals surface area (Å²) in [5.41, 5.74) is 1.39. The highest BCUT2D eigenvalue weighted by molar-refractivity contribution is 7.88. The van der Waals surface area contributed by atoms with Crippen molar-refractivity contribution in [3.8, 4) is 17.1 Å². The lowest BCUT2D eigenvalue weighted by atomic mass is 10.1. The minimum atomic E-state index is -3.30. The molecule has 6 rings (SSSR count). The third-order valence-corrected chi connectivity index (χ3v) is 8.67. The second-order valence-corrected chi connectivity index (χ2v) is 14.8. The maximum atomic E-state index is 13.9. The Bertz CT molecular complexity index is 1820. The van der Waals surface area contributed by atoms with Crippen molar-refractivity contribution in [3.63, 3.8) is 0 Å². The Kier molecular flexibility index (Phi) is 10.0. The average molecular weight is 682 g/mol. The number of sulfonamides is 1. The van der Waals surface area contributed by atoms with Gasteiger partial charge in [-0.3, -0.25) is 0 Å². The molecule has 4 heterocycles. The van der Waals surface area contributed by atoms with E-state index >= 15 is 0 Å². The first-order chi connectivity index (χ1) is 22.9. The monoisotopic (exact) mass is 681 g/mol. The van der Waals surface area contributed by atoms with Crippen LogP contribution in [0.25, 0.3) is 22.3 Å². The summed E-state index contributed by atoms with van der Waals surface area (Å²) in [5.74, 6) is 1.22. The summed E-state index contributed by atoms with van der Waals surface area (Å²) in [6, 6.07) is 12.9. The summed E-state index contributed by atoms with van der Waals surface area (Å²) in [5, 5.41) is 10.3. The van der Waals surface area contributed by atoms with Crippen LogP contribution < -0.4 is 14.4 Å². The molecule has 0 aliphatic carbocycles. The van der Waals surface area contributed by atoms with Gasteiger partial charge in [0.25, 0.3) is 5.95 Å². The van der Waals surface area contributed by atoms with Gasteiger partial charge in [0.05, 0.1) is 23.7 Å². The predicted molar refractivity (Wildman–Crippen MR) is 180 cm³/mol. The van der Waals surface area contributed by atoms with Crippen LogP contribution in [0.1, 0.15) is 71.8 Å². The first kappa shape index (κ1) is 33.8. The van der Waals surface area contributed by atoms with Gasteiger partial charge in [-0.25, -0.2) is 32.2 Å². The van der Waals surface area contributed by atoms with E-state index in [0.29, 0.717) is 30.5 Å². The van der Waals surface area contributed by atoms with Crippen molar-refractivity contribution in [2.45, 2.75) is 77.4 Å². The van der Waals surface area contributed by atoms with E-state index in [2.05, 4.69) is 9.82 Å². The number of hydrogen-bond donors (Lipinski definition) is 1. The lowest BCUT2D eigenvalue weighted by Gasteiger charge is -2.26. The molecule has 2 atom stereocenters. The van der Waals surface area contributed by atoms with Gasteiger partial charge in [0.2, 0.25) is 10.0 Å². The molecule has 2 aliphatic rings. The molecule has 48 heavy (non-hydrogen) atoms. The van der Waals surface area contributed by atoms with E-state index in [-0.39, 0.29) is 31.6 Å². The molecule has 0 bridgehead atoms. The number of fused-ring (bicyclic) bond motifs is 1. The molecule has 2 fully saturated rings. The zero-order valence-corrected chi connectivity index (χ0v) is 28.6. The van der Waals surface area contributed by atoms with E-state index in [9.17, 15) is 13.2 Å². The lowest BCUT2D eigenvalue weighted by Crippen LogP contribution is -2.34. The summed E-state index contributed by atoms with van der Waals surface area (Å²) in [6.45, 7) is 7.06. The van der Waals surface area contributed by atoms with Crippen molar-refractivity contribution in [1.29, 1.82) is 0 Å². The molecule has 2 aromatic heterocycles. The molecule has 2 aliphatic heterocycles. The smallest absolute Gasteiger partial charge is 0.421 e. The molecular formula is C33H43N7O7S. The Hall–Kier alpha value is -4.05. The fourth-order valence-electron chi connectivity index (χ4n) is 5.75. The number of nitrogens with zero attached hydrogens (tertiary/aromatic N) is 6. The second-order valence-electron chi connectivity index (χ2n) is 13.0. The predicted octanol–water partition coefficient (Wildman–Crippen LogP) is 5.69. The van der Waals surface area contributed by atoms with Crippen LogP contribution >= 0.6 is 0 Å². The van der Waals surface area contributed by atoms with E-state index < -0.39 is 21.7 Å². The van der Waals surface area contributed by atoms with Gasteiger partial charge in [-0.2, -0.15) is 10.1 Å². The molecule has 4 aromatic rings. The van der Waals surface area contributed by atoms with Crippen molar-refractivity contribution in [2.24, 2.45) is 0 Å². The Morgan fingerprint density at radius 2 is 1.69 bits per heavy atom. The molecule has 2 aromatic carbocycles. The van der Waals surface area contributed by atoms with E-state index in [1.165, 1.54) is 4.90 Å². The van der Waals surface area contributed by atoms with E-state index in [1.54, 1.807) is 23.0 Å². The Balaban J connectivity index is 1.35. The van der Waals surface area contributed by atoms with Crippen LogP contribution in [0.2, 0.25) is 0 Å². The molecule has 1 amide bonds. The highest BCUT2D eigenvalue weighted by Gasteiger charge is 2.32. The van der Waals surface area contributed by atoms with Crippen LogP contribution in [0.5, 0.6) is 5.75 Å². The normalized spacial score (nSPS) is 18.9. The van der Waals surface area contributed by atoms with Gasteiger partial charge in [0, 0.05) is 30.7 Å². The lowest BCUT2D eigenvalue weighted by molar-refractivity contribution is -0.0384. The molecule has 2 unspecified atom stereocenters. The van der Waals surface area contributed by atoms with Crippen LogP contribution in [0, 0.1) is 0 Å². The summed E-state index contributed by atoms with van der Waals surface area (Å²) < 4.78 is 52.4. The minimum absolute atomic E-state index is 0.125. The van der Waals surface area contributed by atoms with E-state index in [0.717, 1.165) is 61.2 Å². The van der Waals surface area contributed by atoms with Crippen molar-refractivity contribution in [2.75, 3.05) is 37.5 Å². The first-order valence-corrected chi connectivity index (χ1v) is 18.2. The standard InChI is InChI=1S/C33H43N7O7S/c1-33(2,3)47-32(41)38(25-13-16-27-24(21-25)22-34-39(27)28-9-5-7-18-45-28)31-36-30(40(37-31)29-10-6-8-19-46-29)23-11-14-26(15-12-23)44-20-17-35-48(4,42)43/h11-16,21-22,28-29,35H,5-10,17-20H2,1-4H3. The van der Waals surface area contributed by atoms with Gasteiger partial charge in [0.1, 0.15) is 18.0 Å². The quantitative estimate of drug-likeness (QED) is 0.207. The van der Waals surface area contributed by atoms with Crippen LogP contribution in [-0.2, 0) is 24.2 Å². The number of rotatable bonds is 10. The van der Waals surface area contributed by atoms with Crippen LogP contribution in [-0.4, -0.2) is 77.3 Å². The number of benzene rings is 2. The fraction of sp³-hybridized carbons (Fsp3) is 0.515. The first-order valence-electron chi connectivity index (χ1n) is 16.3. The topological polar surface area (TPSA) is 152 Å². The van der Waals surface area contributed by atoms with Gasteiger partial charge in [-0.1, -0.05) is 0 Å². The van der Waals surface area contributed by atoms with Gasteiger partial charge in [-0.05, 0) is 102 Å². The summed E-state index contributed by atoms with van der Waals surface area (Å²) in [4.78, 5) is 20.2. The second kappa shape index (κ2) is 14.2. The molecule has 15 heteroatoms. The maximum Gasteiger partial charge on any atom is 0.421 e. The van der Waals surface area contributed by atoms with Gasteiger partial charge in [-0.15, -0.1) is 5.10 Å². The maximum absolute atomic E-state index is 13.9.